The van der Waals surface area contributed by atoms with E-state index in [9.17, 15) is 18.7 Å². The van der Waals surface area contributed by atoms with Crippen LogP contribution in [0.15, 0.2) is 6.20 Å². The van der Waals surface area contributed by atoms with Crippen LogP contribution in [0.5, 0.6) is 5.75 Å². The molecule has 0 amide bonds. The van der Waals surface area contributed by atoms with Crippen LogP contribution in [0.1, 0.15) is 23.2 Å². The Morgan fingerprint density at radius 1 is 1.62 bits per heavy atom. The molecule has 1 aromatic heterocycles. The summed E-state index contributed by atoms with van der Waals surface area (Å²) in [6.45, 7) is 0. The number of hydrogen-bond acceptors (Lipinski definition) is 4. The molecule has 2 N–H and O–H groups in total. The fourth-order valence-corrected chi connectivity index (χ4v) is 1.14. The maximum absolute atomic E-state index is 12.3. The van der Waals surface area contributed by atoms with E-state index >= 15 is 0 Å². The molecule has 1 heterocycles. The Kier molecular flexibility index (Phi) is 3.35. The zero-order valence-corrected chi connectivity index (χ0v) is 7.81. The Bertz CT molecular complexity index is 469. The smallest absolute Gasteiger partial charge is 0.308 e. The van der Waals surface area contributed by atoms with Gasteiger partial charge in [0.2, 0.25) is 0 Å². The van der Waals surface area contributed by atoms with Gasteiger partial charge in [-0.05, 0) is 0 Å². The number of rotatable bonds is 3. The monoisotopic (exact) mass is 228 g/mol. The molecule has 0 bridgehead atoms. The molecular formula is C9H6F2N2O3. The number of carboxylic acids is 1. The molecular weight excluding hydrogens is 222 g/mol. The second-order valence-electron chi connectivity index (χ2n) is 2.87. The molecule has 0 aliphatic heterocycles. The fraction of sp³-hybridized carbons (Fsp3) is 0.222. The first-order chi connectivity index (χ1) is 7.47. The summed E-state index contributed by atoms with van der Waals surface area (Å²) in [4.78, 5) is 13.6. The predicted octanol–water partition coefficient (Wildman–Crippen LogP) is 1.22. The van der Waals surface area contributed by atoms with Gasteiger partial charge in [-0.15, -0.1) is 0 Å². The van der Waals surface area contributed by atoms with E-state index in [1.165, 1.54) is 0 Å². The first kappa shape index (κ1) is 11.8. The molecule has 0 saturated carbocycles. The summed E-state index contributed by atoms with van der Waals surface area (Å²) >= 11 is 0. The molecule has 0 radical (unpaired) electrons. The molecule has 0 aliphatic rings. The molecule has 0 spiro atoms. The molecule has 0 saturated heterocycles. The topological polar surface area (TPSA) is 94.2 Å². The Labute approximate surface area is 88.6 Å². The van der Waals surface area contributed by atoms with Crippen LogP contribution in [0.25, 0.3) is 0 Å². The lowest BCUT2D eigenvalue weighted by Gasteiger charge is -2.08. The minimum atomic E-state index is -3.03. The van der Waals surface area contributed by atoms with Crippen LogP contribution >= 0.6 is 0 Å². The summed E-state index contributed by atoms with van der Waals surface area (Å²) in [5.41, 5.74) is -1.50. The van der Waals surface area contributed by atoms with Crippen molar-refractivity contribution >= 4 is 5.97 Å². The van der Waals surface area contributed by atoms with E-state index in [-0.39, 0.29) is 11.1 Å². The van der Waals surface area contributed by atoms with E-state index in [0.717, 1.165) is 6.20 Å². The highest BCUT2D eigenvalue weighted by molar-refractivity contribution is 5.73. The van der Waals surface area contributed by atoms with Gasteiger partial charge in [0.25, 0.3) is 6.43 Å². The molecule has 0 aromatic carbocycles. The van der Waals surface area contributed by atoms with Gasteiger partial charge in [0.15, 0.2) is 0 Å². The standard InChI is InChI=1S/C9H6F2N2O3/c10-9(11)7-8(16)5(1-6(14)15)4(2-12)3-13-7/h3,9,16H,1H2,(H,14,15). The number of hydrogen-bond donors (Lipinski definition) is 2. The van der Waals surface area contributed by atoms with Gasteiger partial charge in [0.05, 0.1) is 12.0 Å². The molecule has 0 aliphatic carbocycles. The van der Waals surface area contributed by atoms with Gasteiger partial charge in [-0.25, -0.2) is 13.8 Å². The molecule has 1 aromatic rings. The second-order valence-corrected chi connectivity index (χ2v) is 2.87. The average molecular weight is 228 g/mol. The van der Waals surface area contributed by atoms with Crippen LogP contribution in [-0.4, -0.2) is 21.2 Å². The first-order valence-electron chi connectivity index (χ1n) is 4.08. The second kappa shape index (κ2) is 4.53. The first-order valence-corrected chi connectivity index (χ1v) is 4.08. The van der Waals surface area contributed by atoms with Gasteiger partial charge >= 0.3 is 5.97 Å². The largest absolute Gasteiger partial charge is 0.505 e. The molecule has 0 fully saturated rings. The lowest BCUT2D eigenvalue weighted by Crippen LogP contribution is -2.05. The minimum Gasteiger partial charge on any atom is -0.505 e. The van der Waals surface area contributed by atoms with E-state index in [4.69, 9.17) is 10.4 Å². The highest BCUT2D eigenvalue weighted by Crippen LogP contribution is 2.31. The summed E-state index contributed by atoms with van der Waals surface area (Å²) in [6, 6.07) is 1.58. The average Bonchev–Trinajstić information content (AvgIpc) is 2.19. The zero-order valence-electron chi connectivity index (χ0n) is 7.81. The van der Waals surface area contributed by atoms with Crippen LogP contribution in [0.3, 0.4) is 0 Å². The van der Waals surface area contributed by atoms with Gasteiger partial charge in [0.1, 0.15) is 17.5 Å². The molecule has 7 heteroatoms. The Hall–Kier alpha value is -2.23. The lowest BCUT2D eigenvalue weighted by atomic mass is 10.1. The van der Waals surface area contributed by atoms with E-state index < -0.39 is 30.3 Å². The maximum Gasteiger partial charge on any atom is 0.308 e. The van der Waals surface area contributed by atoms with Crippen LogP contribution < -0.4 is 0 Å². The highest BCUT2D eigenvalue weighted by Gasteiger charge is 2.21. The number of alkyl halides is 2. The van der Waals surface area contributed by atoms with Crippen LogP contribution in [-0.2, 0) is 11.2 Å². The third-order valence-electron chi connectivity index (χ3n) is 1.84. The van der Waals surface area contributed by atoms with Gasteiger partial charge in [-0.3, -0.25) is 4.79 Å². The molecule has 0 atom stereocenters. The van der Waals surface area contributed by atoms with Gasteiger partial charge in [-0.1, -0.05) is 0 Å². The van der Waals surface area contributed by atoms with Crippen molar-refractivity contribution in [2.75, 3.05) is 0 Å². The van der Waals surface area contributed by atoms with Crippen molar-refractivity contribution in [2.45, 2.75) is 12.8 Å². The van der Waals surface area contributed by atoms with Crippen LogP contribution in [0.2, 0.25) is 0 Å². The van der Waals surface area contributed by atoms with Crippen LogP contribution in [0.4, 0.5) is 8.78 Å². The Morgan fingerprint density at radius 2 is 2.25 bits per heavy atom. The van der Waals surface area contributed by atoms with Crippen molar-refractivity contribution in [1.82, 2.24) is 4.98 Å². The number of carbonyl (C=O) groups is 1. The predicted molar refractivity (Wildman–Crippen MR) is 46.9 cm³/mol. The number of aromatic hydroxyl groups is 1. The number of carboxylic acid groups (broad SMARTS) is 1. The number of nitrogens with zero attached hydrogens (tertiary/aromatic N) is 2. The molecule has 84 valence electrons. The lowest BCUT2D eigenvalue weighted by molar-refractivity contribution is -0.136. The highest BCUT2D eigenvalue weighted by atomic mass is 19.3. The van der Waals surface area contributed by atoms with E-state index in [2.05, 4.69) is 4.98 Å². The Morgan fingerprint density at radius 3 is 2.69 bits per heavy atom. The van der Waals surface area contributed by atoms with Crippen LogP contribution in [0, 0.1) is 11.3 Å². The maximum atomic E-state index is 12.3. The number of aliphatic carboxylic acids is 1. The van der Waals surface area contributed by atoms with Gasteiger partial charge in [-0.2, -0.15) is 5.26 Å². The van der Waals surface area contributed by atoms with Crippen molar-refractivity contribution in [2.24, 2.45) is 0 Å². The normalized spacial score (nSPS) is 10.1. The van der Waals surface area contributed by atoms with Gasteiger partial charge < -0.3 is 10.2 Å². The zero-order chi connectivity index (χ0) is 12.3. The summed E-state index contributed by atoms with van der Waals surface area (Å²) in [6.07, 6.45) is -2.92. The molecule has 0 unspecified atom stereocenters. The molecule has 5 nitrogen and oxygen atoms in total. The summed E-state index contributed by atoms with van der Waals surface area (Å²) in [5, 5.41) is 26.5. The molecule has 1 rings (SSSR count). The van der Waals surface area contributed by atoms with Crippen molar-refractivity contribution in [3.05, 3.63) is 23.0 Å². The van der Waals surface area contributed by atoms with E-state index in [1.54, 1.807) is 6.07 Å². The molecule has 16 heavy (non-hydrogen) atoms. The fourth-order valence-electron chi connectivity index (χ4n) is 1.14. The van der Waals surface area contributed by atoms with Gasteiger partial charge in [0, 0.05) is 11.8 Å². The van der Waals surface area contributed by atoms with Crippen molar-refractivity contribution in [3.63, 3.8) is 0 Å². The number of nitriles is 1. The number of aromatic nitrogens is 1. The van der Waals surface area contributed by atoms with Crippen molar-refractivity contribution in [1.29, 1.82) is 5.26 Å². The van der Waals surface area contributed by atoms with Crippen molar-refractivity contribution < 1.29 is 23.8 Å². The van der Waals surface area contributed by atoms with Crippen molar-refractivity contribution in [3.8, 4) is 11.8 Å². The van der Waals surface area contributed by atoms with E-state index in [0.29, 0.717) is 0 Å². The quantitative estimate of drug-likeness (QED) is 0.811. The summed E-state index contributed by atoms with van der Waals surface area (Å²) < 4.78 is 24.7. The third-order valence-corrected chi connectivity index (χ3v) is 1.84. The number of pyridine rings is 1. The third kappa shape index (κ3) is 2.23. The SMILES string of the molecule is N#Cc1cnc(C(F)F)c(O)c1CC(=O)O. The Balaban J connectivity index is 3.35. The minimum absolute atomic E-state index is 0.232. The van der Waals surface area contributed by atoms with E-state index in [1.807, 2.05) is 0 Å². The summed E-state index contributed by atoms with van der Waals surface area (Å²) in [5.74, 6) is -2.27. The number of halogens is 2. The summed E-state index contributed by atoms with van der Waals surface area (Å²) in [7, 11) is 0.